The number of fused-ring (bicyclic) bond motifs is 3. The number of H-pyrrole nitrogens is 1. The van der Waals surface area contributed by atoms with Crippen LogP contribution < -0.4 is 15.6 Å². The molecule has 0 unspecified atom stereocenters. The molecule has 0 radical (unpaired) electrons. The van der Waals surface area contributed by atoms with E-state index in [1.165, 1.54) is 0 Å². The highest BCUT2D eigenvalue weighted by Crippen LogP contribution is 2.30. The standard InChI is InChI=1S/C18H21N5/c1-3-22(4-2)9-10-23-16-8-6-5-7-13(16)15-12-21-18(20)14(11-19)17(15)23/h5-8,12H,3-4,9-10H2,1-2H3,(H2,20,21)/p+2. The van der Waals surface area contributed by atoms with Crippen LogP contribution in [0.15, 0.2) is 30.5 Å². The van der Waals surface area contributed by atoms with E-state index in [1.807, 2.05) is 18.3 Å². The van der Waals surface area contributed by atoms with Gasteiger partial charge in [0.15, 0.2) is 5.56 Å². The van der Waals surface area contributed by atoms with Gasteiger partial charge in [-0.15, -0.1) is 0 Å². The summed E-state index contributed by atoms with van der Waals surface area (Å²) >= 11 is 0. The van der Waals surface area contributed by atoms with Gasteiger partial charge in [0.1, 0.15) is 6.07 Å². The van der Waals surface area contributed by atoms with Crippen molar-refractivity contribution in [2.45, 2.75) is 20.4 Å². The van der Waals surface area contributed by atoms with Gasteiger partial charge in [0, 0.05) is 16.3 Å². The van der Waals surface area contributed by atoms with Crippen molar-refractivity contribution in [2.75, 3.05) is 25.4 Å². The van der Waals surface area contributed by atoms with Gasteiger partial charge in [0.05, 0.1) is 37.9 Å². The predicted molar refractivity (Wildman–Crippen MR) is 92.0 cm³/mol. The molecular weight excluding hydrogens is 286 g/mol. The Balaban J connectivity index is 2.24. The molecule has 0 atom stereocenters. The molecule has 3 rings (SSSR count). The Kier molecular flexibility index (Phi) is 4.18. The largest absolute Gasteiger partial charge is 0.334 e. The van der Waals surface area contributed by atoms with E-state index in [2.05, 4.69) is 41.6 Å². The molecule has 0 aliphatic carbocycles. The lowest BCUT2D eigenvalue weighted by molar-refractivity contribution is -0.897. The number of rotatable bonds is 5. The molecule has 0 saturated heterocycles. The second-order valence-corrected chi connectivity index (χ2v) is 5.83. The molecule has 2 heterocycles. The molecule has 5 nitrogen and oxygen atoms in total. The van der Waals surface area contributed by atoms with Gasteiger partial charge in [0.2, 0.25) is 0 Å². The first kappa shape index (κ1) is 15.3. The highest BCUT2D eigenvalue weighted by atomic mass is 15.1. The van der Waals surface area contributed by atoms with Crippen LogP contribution in [0.4, 0.5) is 5.82 Å². The number of hydrogen-bond acceptors (Lipinski definition) is 2. The number of hydrogen-bond donors (Lipinski definition) is 2. The van der Waals surface area contributed by atoms with Gasteiger partial charge in [-0.2, -0.15) is 5.26 Å². The van der Waals surface area contributed by atoms with Crippen molar-refractivity contribution in [3.05, 3.63) is 36.0 Å². The molecule has 5 heteroatoms. The quantitative estimate of drug-likeness (QED) is 0.737. The van der Waals surface area contributed by atoms with Crippen LogP contribution in [0.5, 0.6) is 0 Å². The van der Waals surface area contributed by atoms with E-state index >= 15 is 0 Å². The number of anilines is 1. The lowest BCUT2D eigenvalue weighted by Gasteiger charge is -2.16. The maximum Gasteiger partial charge on any atom is 0.290 e. The number of likely N-dealkylation sites (N-methyl/N-ethyl adjacent to an activating group) is 1. The number of benzene rings is 1. The molecule has 4 N–H and O–H groups in total. The molecule has 3 aromatic rings. The first-order valence-corrected chi connectivity index (χ1v) is 8.16. The molecule has 0 fully saturated rings. The second kappa shape index (κ2) is 6.27. The molecule has 2 aromatic heterocycles. The Bertz CT molecular complexity index is 884. The predicted octanol–water partition coefficient (Wildman–Crippen LogP) is 0.987. The number of quaternary nitrogens is 1. The molecular formula is C18H23N5+2. The molecule has 0 bridgehead atoms. The number of pyridine rings is 1. The van der Waals surface area contributed by atoms with Gasteiger partial charge in [-0.3, -0.25) is 5.73 Å². The smallest absolute Gasteiger partial charge is 0.290 e. The van der Waals surface area contributed by atoms with Crippen LogP contribution in [0.25, 0.3) is 21.8 Å². The number of nitriles is 1. The Labute approximate surface area is 135 Å². The summed E-state index contributed by atoms with van der Waals surface area (Å²) in [7, 11) is 0. The zero-order chi connectivity index (χ0) is 16.4. The topological polar surface area (TPSA) is 73.3 Å². The van der Waals surface area contributed by atoms with Crippen molar-refractivity contribution in [3.8, 4) is 6.07 Å². The number of nitrogen functional groups attached to an aromatic ring is 1. The van der Waals surface area contributed by atoms with Gasteiger partial charge in [0.25, 0.3) is 5.82 Å². The summed E-state index contributed by atoms with van der Waals surface area (Å²) in [4.78, 5) is 4.57. The third kappa shape index (κ3) is 2.51. The van der Waals surface area contributed by atoms with Gasteiger partial charge < -0.3 is 9.47 Å². The maximum atomic E-state index is 9.57. The Hall–Kier alpha value is -2.58. The van der Waals surface area contributed by atoms with Crippen LogP contribution in [0.3, 0.4) is 0 Å². The average Bonchev–Trinajstić information content (AvgIpc) is 2.90. The minimum absolute atomic E-state index is 0.430. The summed E-state index contributed by atoms with van der Waals surface area (Å²) in [6.45, 7) is 8.53. The zero-order valence-corrected chi connectivity index (χ0v) is 13.7. The van der Waals surface area contributed by atoms with Crippen molar-refractivity contribution in [1.29, 1.82) is 5.26 Å². The van der Waals surface area contributed by atoms with Crippen LogP contribution in [-0.4, -0.2) is 24.2 Å². The summed E-state index contributed by atoms with van der Waals surface area (Å²) in [5.74, 6) is 0.430. The van der Waals surface area contributed by atoms with Crippen molar-refractivity contribution in [3.63, 3.8) is 0 Å². The fourth-order valence-electron chi connectivity index (χ4n) is 3.31. The molecule has 0 aliphatic rings. The van der Waals surface area contributed by atoms with Crippen LogP contribution in [0.1, 0.15) is 19.4 Å². The van der Waals surface area contributed by atoms with Crippen molar-refractivity contribution in [1.82, 2.24) is 4.57 Å². The van der Waals surface area contributed by atoms with E-state index in [-0.39, 0.29) is 0 Å². The molecule has 0 saturated carbocycles. The highest BCUT2D eigenvalue weighted by molar-refractivity contribution is 6.09. The van der Waals surface area contributed by atoms with E-state index in [1.54, 1.807) is 4.90 Å². The van der Waals surface area contributed by atoms with Crippen molar-refractivity contribution < 1.29 is 9.88 Å². The fourth-order valence-corrected chi connectivity index (χ4v) is 3.31. The van der Waals surface area contributed by atoms with E-state index in [9.17, 15) is 5.26 Å². The van der Waals surface area contributed by atoms with E-state index in [0.717, 1.165) is 48.0 Å². The lowest BCUT2D eigenvalue weighted by atomic mass is 10.1. The number of nitrogens with one attached hydrogen (secondary N) is 2. The minimum atomic E-state index is 0.430. The van der Waals surface area contributed by atoms with Crippen molar-refractivity contribution >= 4 is 27.6 Å². The van der Waals surface area contributed by atoms with Gasteiger partial charge in [-0.25, -0.2) is 4.98 Å². The third-order valence-electron chi connectivity index (χ3n) is 4.69. The third-order valence-corrected chi connectivity index (χ3v) is 4.69. The first-order chi connectivity index (χ1) is 11.2. The van der Waals surface area contributed by atoms with Crippen LogP contribution in [-0.2, 0) is 6.54 Å². The summed E-state index contributed by atoms with van der Waals surface area (Å²) in [5, 5.41) is 11.8. The van der Waals surface area contributed by atoms with E-state index < -0.39 is 0 Å². The van der Waals surface area contributed by atoms with Crippen molar-refractivity contribution in [2.24, 2.45) is 0 Å². The Morgan fingerprint density at radius 1 is 1.22 bits per heavy atom. The zero-order valence-electron chi connectivity index (χ0n) is 13.7. The molecule has 1 aromatic carbocycles. The summed E-state index contributed by atoms with van der Waals surface area (Å²) in [5.41, 5.74) is 8.63. The number of para-hydroxylation sites is 1. The number of aromatic amines is 1. The van der Waals surface area contributed by atoms with E-state index in [4.69, 9.17) is 5.73 Å². The monoisotopic (exact) mass is 309 g/mol. The molecule has 23 heavy (non-hydrogen) atoms. The van der Waals surface area contributed by atoms with E-state index in [0.29, 0.717) is 11.4 Å². The van der Waals surface area contributed by atoms with Crippen LogP contribution in [0.2, 0.25) is 0 Å². The highest BCUT2D eigenvalue weighted by Gasteiger charge is 2.19. The first-order valence-electron chi connectivity index (χ1n) is 8.16. The Morgan fingerprint density at radius 3 is 2.65 bits per heavy atom. The molecule has 118 valence electrons. The number of nitrogens with two attached hydrogens (primary N) is 1. The lowest BCUT2D eigenvalue weighted by Crippen LogP contribution is -3.11. The van der Waals surface area contributed by atoms with Gasteiger partial charge >= 0.3 is 0 Å². The minimum Gasteiger partial charge on any atom is -0.334 e. The molecule has 0 aliphatic heterocycles. The SMILES string of the molecule is CC[NH+](CC)CCn1c2ccccc2c2c[nH+]c(N)c(C#N)c21. The molecule has 0 amide bonds. The normalized spacial score (nSPS) is 11.4. The van der Waals surface area contributed by atoms with Gasteiger partial charge in [-0.1, -0.05) is 18.2 Å². The summed E-state index contributed by atoms with van der Waals surface area (Å²) in [6.07, 6.45) is 1.91. The molecule has 0 spiro atoms. The second-order valence-electron chi connectivity index (χ2n) is 5.83. The summed E-state index contributed by atoms with van der Waals surface area (Å²) < 4.78 is 2.25. The Morgan fingerprint density at radius 2 is 1.96 bits per heavy atom. The maximum absolute atomic E-state index is 9.57. The van der Waals surface area contributed by atoms with Gasteiger partial charge in [-0.05, 0) is 19.9 Å². The number of aromatic nitrogens is 2. The summed E-state index contributed by atoms with van der Waals surface area (Å²) in [6, 6.07) is 10.6. The van der Waals surface area contributed by atoms with Crippen LogP contribution >= 0.6 is 0 Å². The van der Waals surface area contributed by atoms with Crippen LogP contribution in [0, 0.1) is 11.3 Å². The fraction of sp³-hybridized carbons (Fsp3) is 0.333. The number of nitrogens with zero attached hydrogens (tertiary/aromatic N) is 2. The average molecular weight is 309 g/mol.